The first-order valence-corrected chi connectivity index (χ1v) is 7.64. The van der Waals surface area contributed by atoms with E-state index in [-0.39, 0.29) is 5.91 Å². The molecule has 0 radical (unpaired) electrons. The van der Waals surface area contributed by atoms with E-state index in [0.29, 0.717) is 5.56 Å². The zero-order chi connectivity index (χ0) is 15.6. The van der Waals surface area contributed by atoms with Gasteiger partial charge in [-0.25, -0.2) is 0 Å². The molecule has 108 valence electrons. The van der Waals surface area contributed by atoms with Crippen LogP contribution in [0.1, 0.15) is 10.4 Å². The van der Waals surface area contributed by atoms with Gasteiger partial charge < -0.3 is 5.73 Å². The maximum absolute atomic E-state index is 12.0. The summed E-state index contributed by atoms with van der Waals surface area (Å²) in [6.45, 7) is 0. The number of carbonyl (C=O) groups excluding carboxylic acids is 1. The van der Waals surface area contributed by atoms with E-state index >= 15 is 0 Å². The van der Waals surface area contributed by atoms with Gasteiger partial charge in [-0.15, -0.1) is 0 Å². The Balaban J connectivity index is 2.28. The molecule has 0 aliphatic rings. The highest BCUT2D eigenvalue weighted by Crippen LogP contribution is 2.41. The molecular weight excluding hydrogens is 282 g/mol. The second kappa shape index (κ2) is 4.20. The van der Waals surface area contributed by atoms with Gasteiger partial charge in [0.15, 0.2) is 0 Å². The number of primary amides is 1. The number of amides is 1. The Morgan fingerprint density at radius 3 is 1.83 bits per heavy atom. The SMILES string of the molecule is NC(=O)c1ccc2cccc3c4cccc5cccc(c1c23)c54. The largest absolute Gasteiger partial charge is 0.366 e. The van der Waals surface area contributed by atoms with E-state index < -0.39 is 0 Å². The Bertz CT molecular complexity index is 1230. The van der Waals surface area contributed by atoms with E-state index in [0.717, 1.165) is 21.5 Å². The van der Waals surface area contributed by atoms with E-state index in [4.69, 9.17) is 5.73 Å². The maximum atomic E-state index is 12.0. The van der Waals surface area contributed by atoms with Crippen LogP contribution in [0, 0.1) is 0 Å². The van der Waals surface area contributed by atoms with Crippen LogP contribution in [0.3, 0.4) is 0 Å². The van der Waals surface area contributed by atoms with Crippen molar-refractivity contribution >= 4 is 49.0 Å². The second-order valence-electron chi connectivity index (χ2n) is 5.97. The van der Waals surface area contributed by atoms with Crippen LogP contribution < -0.4 is 5.73 Å². The molecule has 0 aromatic heterocycles. The summed E-state index contributed by atoms with van der Waals surface area (Å²) in [5.74, 6) is -0.381. The van der Waals surface area contributed by atoms with E-state index in [1.165, 1.54) is 21.5 Å². The highest BCUT2D eigenvalue weighted by Gasteiger charge is 2.16. The molecule has 0 saturated carbocycles. The molecule has 0 heterocycles. The first kappa shape index (κ1) is 12.4. The molecule has 2 nitrogen and oxygen atoms in total. The number of rotatable bonds is 1. The van der Waals surface area contributed by atoms with E-state index in [1.54, 1.807) is 0 Å². The first-order valence-electron chi connectivity index (χ1n) is 7.64. The summed E-state index contributed by atoms with van der Waals surface area (Å²) >= 11 is 0. The molecule has 5 rings (SSSR count). The minimum absolute atomic E-state index is 0.381. The number of carbonyl (C=O) groups is 1. The normalized spacial score (nSPS) is 11.8. The topological polar surface area (TPSA) is 43.1 Å². The van der Waals surface area contributed by atoms with Crippen molar-refractivity contribution in [3.8, 4) is 0 Å². The predicted octanol–water partition coefficient (Wildman–Crippen LogP) is 4.84. The summed E-state index contributed by atoms with van der Waals surface area (Å²) in [7, 11) is 0. The van der Waals surface area contributed by atoms with Crippen LogP contribution in [-0.2, 0) is 0 Å². The van der Waals surface area contributed by atoms with Gasteiger partial charge in [-0.2, -0.15) is 0 Å². The second-order valence-corrected chi connectivity index (χ2v) is 5.97. The molecule has 0 fully saturated rings. The summed E-state index contributed by atoms with van der Waals surface area (Å²) in [4.78, 5) is 12.0. The van der Waals surface area contributed by atoms with Crippen molar-refractivity contribution < 1.29 is 4.79 Å². The Hall–Kier alpha value is -3.13. The quantitative estimate of drug-likeness (QED) is 0.349. The van der Waals surface area contributed by atoms with Gasteiger partial charge in [0, 0.05) is 10.9 Å². The average molecular weight is 295 g/mol. The molecule has 0 spiro atoms. The molecule has 0 bridgehead atoms. The molecule has 0 aliphatic heterocycles. The fraction of sp³-hybridized carbons (Fsp3) is 0. The number of hydrogen-bond donors (Lipinski definition) is 1. The minimum atomic E-state index is -0.381. The highest BCUT2D eigenvalue weighted by molar-refractivity contribution is 6.35. The zero-order valence-corrected chi connectivity index (χ0v) is 12.3. The van der Waals surface area contributed by atoms with Crippen LogP contribution in [0.2, 0.25) is 0 Å². The number of nitrogens with two attached hydrogens (primary N) is 1. The summed E-state index contributed by atoms with van der Waals surface area (Å²) < 4.78 is 0. The van der Waals surface area contributed by atoms with E-state index in [1.807, 2.05) is 18.2 Å². The molecule has 1 amide bonds. The van der Waals surface area contributed by atoms with Gasteiger partial charge in [-0.3, -0.25) is 4.79 Å². The van der Waals surface area contributed by atoms with Gasteiger partial charge in [0.25, 0.3) is 0 Å². The third kappa shape index (κ3) is 1.50. The molecular formula is C21H13NO. The average Bonchev–Trinajstić information content (AvgIpc) is 2.58. The molecule has 2 heteroatoms. The van der Waals surface area contributed by atoms with Crippen molar-refractivity contribution in [1.82, 2.24) is 0 Å². The Kier molecular flexibility index (Phi) is 2.27. The smallest absolute Gasteiger partial charge is 0.249 e. The fourth-order valence-electron chi connectivity index (χ4n) is 3.86. The molecule has 5 aromatic carbocycles. The molecule has 2 N–H and O–H groups in total. The lowest BCUT2D eigenvalue weighted by Crippen LogP contribution is -2.11. The molecule has 0 saturated heterocycles. The van der Waals surface area contributed by atoms with Gasteiger partial charge in [0.05, 0.1) is 0 Å². The highest BCUT2D eigenvalue weighted by atomic mass is 16.1. The van der Waals surface area contributed by atoms with Crippen molar-refractivity contribution in [1.29, 1.82) is 0 Å². The van der Waals surface area contributed by atoms with Gasteiger partial charge in [-0.1, -0.05) is 60.7 Å². The Morgan fingerprint density at radius 2 is 1.17 bits per heavy atom. The lowest BCUT2D eigenvalue weighted by molar-refractivity contribution is 0.100. The summed E-state index contributed by atoms with van der Waals surface area (Å²) in [5.41, 5.74) is 6.25. The Labute approximate surface area is 132 Å². The monoisotopic (exact) mass is 295 g/mol. The van der Waals surface area contributed by atoms with E-state index in [2.05, 4.69) is 48.5 Å². The third-order valence-electron chi connectivity index (χ3n) is 4.78. The van der Waals surface area contributed by atoms with Gasteiger partial charge in [0.2, 0.25) is 5.91 Å². The van der Waals surface area contributed by atoms with Crippen LogP contribution in [-0.4, -0.2) is 5.91 Å². The van der Waals surface area contributed by atoms with Gasteiger partial charge in [-0.05, 0) is 43.8 Å². The van der Waals surface area contributed by atoms with Crippen LogP contribution in [0.5, 0.6) is 0 Å². The fourth-order valence-corrected chi connectivity index (χ4v) is 3.86. The third-order valence-corrected chi connectivity index (χ3v) is 4.78. The molecule has 0 aliphatic carbocycles. The van der Waals surface area contributed by atoms with E-state index in [9.17, 15) is 4.79 Å². The van der Waals surface area contributed by atoms with Crippen molar-refractivity contribution in [3.05, 3.63) is 72.3 Å². The standard InChI is InChI=1S/C21H13NO/c22-21(23)17-11-10-13-6-2-8-15-14-7-1-4-12-5-3-9-16(18(12)14)20(17)19(13)15/h1-11H,(H2,22,23). The Morgan fingerprint density at radius 1 is 0.609 bits per heavy atom. The summed E-state index contributed by atoms with van der Waals surface area (Å²) in [6, 6.07) is 22.7. The van der Waals surface area contributed by atoms with Gasteiger partial charge in [0.1, 0.15) is 0 Å². The molecule has 5 aromatic rings. The van der Waals surface area contributed by atoms with Crippen molar-refractivity contribution in [2.24, 2.45) is 5.73 Å². The van der Waals surface area contributed by atoms with Crippen molar-refractivity contribution in [2.45, 2.75) is 0 Å². The molecule has 0 atom stereocenters. The van der Waals surface area contributed by atoms with Crippen LogP contribution in [0.25, 0.3) is 43.1 Å². The lowest BCUT2D eigenvalue weighted by atomic mass is 9.87. The molecule has 0 unspecified atom stereocenters. The minimum Gasteiger partial charge on any atom is -0.366 e. The van der Waals surface area contributed by atoms with Crippen molar-refractivity contribution in [3.63, 3.8) is 0 Å². The zero-order valence-electron chi connectivity index (χ0n) is 12.3. The summed E-state index contributed by atoms with van der Waals surface area (Å²) in [5, 5.41) is 9.09. The number of fused-ring (bicyclic) bond motifs is 2. The van der Waals surface area contributed by atoms with Crippen LogP contribution in [0.15, 0.2) is 66.7 Å². The summed E-state index contributed by atoms with van der Waals surface area (Å²) in [6.07, 6.45) is 0. The maximum Gasteiger partial charge on any atom is 0.249 e. The van der Waals surface area contributed by atoms with Crippen molar-refractivity contribution in [2.75, 3.05) is 0 Å². The van der Waals surface area contributed by atoms with Crippen LogP contribution in [0.4, 0.5) is 0 Å². The first-order chi connectivity index (χ1) is 11.3. The number of benzene rings is 5. The number of hydrogen-bond acceptors (Lipinski definition) is 1. The predicted molar refractivity (Wildman–Crippen MR) is 96.2 cm³/mol. The lowest BCUT2D eigenvalue weighted by Gasteiger charge is -2.15. The molecule has 23 heavy (non-hydrogen) atoms. The van der Waals surface area contributed by atoms with Gasteiger partial charge >= 0.3 is 0 Å². The van der Waals surface area contributed by atoms with Crippen LogP contribution >= 0.6 is 0 Å².